The fourth-order valence-corrected chi connectivity index (χ4v) is 3.37. The molecule has 2 aromatic rings. The number of amides is 1. The Kier molecular flexibility index (Phi) is 5.49. The Hall–Kier alpha value is -2.20. The maximum atomic E-state index is 13.0. The summed E-state index contributed by atoms with van der Waals surface area (Å²) in [6, 6.07) is 12.7. The van der Waals surface area contributed by atoms with Gasteiger partial charge in [0.25, 0.3) is 0 Å². The Balaban J connectivity index is 1.61. The van der Waals surface area contributed by atoms with Gasteiger partial charge in [0, 0.05) is 18.8 Å². The number of hydrogen-bond acceptors (Lipinski definition) is 2. The van der Waals surface area contributed by atoms with E-state index in [1.807, 2.05) is 38.1 Å². The molecule has 1 aliphatic rings. The van der Waals surface area contributed by atoms with Crippen LogP contribution in [0.2, 0.25) is 0 Å². The molecule has 1 amide bonds. The number of halogens is 1. The molecular formula is C21H25FN2O. The first-order valence-corrected chi connectivity index (χ1v) is 8.86. The Bertz CT molecular complexity index is 742. The molecule has 1 aliphatic heterocycles. The summed E-state index contributed by atoms with van der Waals surface area (Å²) in [5.41, 5.74) is 4.21. The predicted octanol–water partition coefficient (Wildman–Crippen LogP) is 4.29. The smallest absolute Gasteiger partial charge is 0.228 e. The number of nitrogens with zero attached hydrogens (tertiary/aromatic N) is 1. The summed E-state index contributed by atoms with van der Waals surface area (Å²) in [4.78, 5) is 15.0. The standard InChI is InChI=1S/C21H25FN2O/c1-15-5-6-16(2)20(12-15)23-21(25)18-4-3-11-24(14-18)13-17-7-9-19(22)10-8-17/h5-10,12,18H,3-4,11,13-14H2,1-2H3,(H,23,25)/t18-/m0/s1. The molecule has 1 atom stereocenters. The minimum absolute atomic E-state index is 0.00545. The molecule has 4 heteroatoms. The maximum Gasteiger partial charge on any atom is 0.228 e. The van der Waals surface area contributed by atoms with Crippen molar-refractivity contribution in [2.45, 2.75) is 33.2 Å². The maximum absolute atomic E-state index is 13.0. The minimum Gasteiger partial charge on any atom is -0.326 e. The summed E-state index contributed by atoms with van der Waals surface area (Å²) in [5.74, 6) is -0.125. The number of aryl methyl sites for hydroxylation is 2. The van der Waals surface area contributed by atoms with Gasteiger partial charge >= 0.3 is 0 Å². The number of rotatable bonds is 4. The summed E-state index contributed by atoms with van der Waals surface area (Å²) in [7, 11) is 0. The quantitative estimate of drug-likeness (QED) is 0.900. The Labute approximate surface area is 148 Å². The number of piperidine rings is 1. The van der Waals surface area contributed by atoms with Crippen molar-refractivity contribution in [1.82, 2.24) is 4.90 Å². The van der Waals surface area contributed by atoms with Gasteiger partial charge in [-0.1, -0.05) is 24.3 Å². The number of anilines is 1. The van der Waals surface area contributed by atoms with Crippen LogP contribution < -0.4 is 5.32 Å². The van der Waals surface area contributed by atoms with Crippen LogP contribution in [0.4, 0.5) is 10.1 Å². The molecule has 3 nitrogen and oxygen atoms in total. The molecule has 132 valence electrons. The van der Waals surface area contributed by atoms with Gasteiger partial charge < -0.3 is 5.32 Å². The third-order valence-corrected chi connectivity index (χ3v) is 4.85. The fraction of sp³-hybridized carbons (Fsp3) is 0.381. The number of likely N-dealkylation sites (tertiary alicyclic amines) is 1. The summed E-state index contributed by atoms with van der Waals surface area (Å²) in [5, 5.41) is 3.10. The first-order chi connectivity index (χ1) is 12.0. The highest BCUT2D eigenvalue weighted by Crippen LogP contribution is 2.22. The van der Waals surface area contributed by atoms with E-state index in [0.29, 0.717) is 0 Å². The number of carbonyl (C=O) groups is 1. The summed E-state index contributed by atoms with van der Waals surface area (Å²) >= 11 is 0. The fourth-order valence-electron chi connectivity index (χ4n) is 3.37. The van der Waals surface area contributed by atoms with Crippen molar-refractivity contribution in [2.24, 2.45) is 5.92 Å². The van der Waals surface area contributed by atoms with E-state index in [9.17, 15) is 9.18 Å². The van der Waals surface area contributed by atoms with Crippen molar-refractivity contribution in [3.63, 3.8) is 0 Å². The van der Waals surface area contributed by atoms with Crippen molar-refractivity contribution in [2.75, 3.05) is 18.4 Å². The van der Waals surface area contributed by atoms with E-state index >= 15 is 0 Å². The van der Waals surface area contributed by atoms with Gasteiger partial charge in [-0.15, -0.1) is 0 Å². The molecule has 0 aromatic heterocycles. The normalized spacial score (nSPS) is 18.1. The van der Waals surface area contributed by atoms with E-state index in [-0.39, 0.29) is 17.6 Å². The Morgan fingerprint density at radius 3 is 2.72 bits per heavy atom. The van der Waals surface area contributed by atoms with E-state index in [2.05, 4.69) is 16.3 Å². The number of nitrogens with one attached hydrogen (secondary N) is 1. The van der Waals surface area contributed by atoms with Crippen LogP contribution in [0.3, 0.4) is 0 Å². The molecule has 0 bridgehead atoms. The van der Waals surface area contributed by atoms with Gasteiger partial charge in [-0.3, -0.25) is 9.69 Å². The molecule has 1 heterocycles. The first-order valence-electron chi connectivity index (χ1n) is 8.86. The minimum atomic E-state index is -0.215. The third kappa shape index (κ3) is 4.67. The average molecular weight is 340 g/mol. The molecule has 1 saturated heterocycles. The van der Waals surface area contributed by atoms with Crippen LogP contribution in [0, 0.1) is 25.6 Å². The van der Waals surface area contributed by atoms with E-state index < -0.39 is 0 Å². The van der Waals surface area contributed by atoms with Crippen LogP contribution in [0.15, 0.2) is 42.5 Å². The van der Waals surface area contributed by atoms with Crippen molar-refractivity contribution in [1.29, 1.82) is 0 Å². The average Bonchev–Trinajstić information content (AvgIpc) is 2.60. The first kappa shape index (κ1) is 17.6. The van der Waals surface area contributed by atoms with Crippen LogP contribution >= 0.6 is 0 Å². The number of carbonyl (C=O) groups excluding carboxylic acids is 1. The molecule has 0 spiro atoms. The predicted molar refractivity (Wildman–Crippen MR) is 98.9 cm³/mol. The van der Waals surface area contributed by atoms with Crippen molar-refractivity contribution in [3.05, 3.63) is 65.0 Å². The number of hydrogen-bond donors (Lipinski definition) is 1. The lowest BCUT2D eigenvalue weighted by molar-refractivity contribution is -0.121. The lowest BCUT2D eigenvalue weighted by Gasteiger charge is -2.32. The molecule has 2 aromatic carbocycles. The van der Waals surface area contributed by atoms with Crippen LogP contribution in [0.1, 0.15) is 29.5 Å². The van der Waals surface area contributed by atoms with E-state index in [4.69, 9.17) is 0 Å². The number of benzene rings is 2. The molecule has 25 heavy (non-hydrogen) atoms. The molecule has 0 unspecified atom stereocenters. The highest BCUT2D eigenvalue weighted by atomic mass is 19.1. The van der Waals surface area contributed by atoms with Crippen molar-refractivity contribution in [3.8, 4) is 0 Å². The third-order valence-electron chi connectivity index (χ3n) is 4.85. The van der Waals surface area contributed by atoms with Gasteiger partial charge in [0.1, 0.15) is 5.82 Å². The van der Waals surface area contributed by atoms with Gasteiger partial charge in [0.15, 0.2) is 0 Å². The zero-order valence-corrected chi connectivity index (χ0v) is 14.9. The molecule has 3 rings (SSSR count). The Morgan fingerprint density at radius 2 is 1.96 bits per heavy atom. The molecule has 0 radical (unpaired) electrons. The van der Waals surface area contributed by atoms with Crippen molar-refractivity contribution >= 4 is 11.6 Å². The van der Waals surface area contributed by atoms with Gasteiger partial charge in [0.05, 0.1) is 5.92 Å². The lowest BCUT2D eigenvalue weighted by Crippen LogP contribution is -2.40. The molecule has 1 fully saturated rings. The van der Waals surface area contributed by atoms with Gasteiger partial charge in [-0.05, 0) is 68.1 Å². The summed E-state index contributed by atoms with van der Waals surface area (Å²) in [6.45, 7) is 6.52. The highest BCUT2D eigenvalue weighted by molar-refractivity contribution is 5.93. The highest BCUT2D eigenvalue weighted by Gasteiger charge is 2.26. The zero-order valence-electron chi connectivity index (χ0n) is 14.9. The largest absolute Gasteiger partial charge is 0.326 e. The van der Waals surface area contributed by atoms with Gasteiger partial charge in [-0.2, -0.15) is 0 Å². The van der Waals surface area contributed by atoms with E-state index in [1.54, 1.807) is 0 Å². The SMILES string of the molecule is Cc1ccc(C)c(NC(=O)[C@H]2CCCN(Cc3ccc(F)cc3)C2)c1. The zero-order chi connectivity index (χ0) is 17.8. The summed E-state index contributed by atoms with van der Waals surface area (Å²) < 4.78 is 13.0. The van der Waals surface area contributed by atoms with Crippen molar-refractivity contribution < 1.29 is 9.18 Å². The molecular weight excluding hydrogens is 315 g/mol. The van der Waals surface area contributed by atoms with Gasteiger partial charge in [0.2, 0.25) is 5.91 Å². The van der Waals surface area contributed by atoms with E-state index in [1.165, 1.54) is 12.1 Å². The molecule has 1 N–H and O–H groups in total. The second-order valence-electron chi connectivity index (χ2n) is 7.01. The monoisotopic (exact) mass is 340 g/mol. The second-order valence-corrected chi connectivity index (χ2v) is 7.01. The molecule has 0 saturated carbocycles. The Morgan fingerprint density at radius 1 is 1.20 bits per heavy atom. The van der Waals surface area contributed by atoms with Crippen LogP contribution in [-0.2, 0) is 11.3 Å². The summed E-state index contributed by atoms with van der Waals surface area (Å²) in [6.07, 6.45) is 1.92. The van der Waals surface area contributed by atoms with Crippen LogP contribution in [0.25, 0.3) is 0 Å². The van der Waals surface area contributed by atoms with Gasteiger partial charge in [-0.25, -0.2) is 4.39 Å². The van der Waals surface area contributed by atoms with Crippen LogP contribution in [0.5, 0.6) is 0 Å². The molecule has 0 aliphatic carbocycles. The van der Waals surface area contributed by atoms with E-state index in [0.717, 1.165) is 54.9 Å². The lowest BCUT2D eigenvalue weighted by atomic mass is 9.96. The van der Waals surface area contributed by atoms with Crippen LogP contribution in [-0.4, -0.2) is 23.9 Å². The topological polar surface area (TPSA) is 32.3 Å². The second kappa shape index (κ2) is 7.79.